The lowest BCUT2D eigenvalue weighted by molar-refractivity contribution is -0.129. The number of hydrogen-bond acceptors (Lipinski definition) is 3. The molecule has 0 heterocycles. The van der Waals surface area contributed by atoms with Crippen LogP contribution in [-0.2, 0) is 16.0 Å². The Morgan fingerprint density at radius 2 is 1.82 bits per heavy atom. The Balaban J connectivity index is 2.53. The monoisotopic (exact) mass is 235 g/mol. The van der Waals surface area contributed by atoms with Gasteiger partial charge in [0.15, 0.2) is 0 Å². The Kier molecular flexibility index (Phi) is 5.16. The first kappa shape index (κ1) is 13.2. The van der Waals surface area contributed by atoms with Crippen LogP contribution in [0.15, 0.2) is 30.3 Å². The standard InChI is InChI=1S/C12H17N3O2/c1-9(16)14-15-12(17)11(13-2)8-10-6-4-3-5-7-10/h3-7,11,13H,8H2,1-2H3,(H,14,16)(H,15,17)/t11-/m1/s1. The van der Waals surface area contributed by atoms with Crippen molar-refractivity contribution in [2.75, 3.05) is 7.05 Å². The smallest absolute Gasteiger partial charge is 0.255 e. The fourth-order valence-electron chi connectivity index (χ4n) is 1.41. The molecule has 0 aromatic heterocycles. The van der Waals surface area contributed by atoms with Crippen molar-refractivity contribution >= 4 is 11.8 Å². The van der Waals surface area contributed by atoms with E-state index in [9.17, 15) is 9.59 Å². The van der Waals surface area contributed by atoms with Gasteiger partial charge < -0.3 is 5.32 Å². The molecule has 0 saturated heterocycles. The van der Waals surface area contributed by atoms with Crippen LogP contribution < -0.4 is 16.2 Å². The van der Waals surface area contributed by atoms with Crippen molar-refractivity contribution in [2.24, 2.45) is 0 Å². The van der Waals surface area contributed by atoms with Gasteiger partial charge in [0.25, 0.3) is 5.91 Å². The van der Waals surface area contributed by atoms with E-state index in [4.69, 9.17) is 0 Å². The maximum absolute atomic E-state index is 11.7. The molecule has 1 rings (SSSR count). The summed E-state index contributed by atoms with van der Waals surface area (Å²) in [7, 11) is 1.71. The lowest BCUT2D eigenvalue weighted by atomic mass is 10.1. The quantitative estimate of drug-likeness (QED) is 0.643. The van der Waals surface area contributed by atoms with Crippen LogP contribution in [0.3, 0.4) is 0 Å². The number of carbonyl (C=O) groups is 2. The van der Waals surface area contributed by atoms with Crippen LogP contribution in [0.25, 0.3) is 0 Å². The molecule has 0 aliphatic rings. The molecule has 5 nitrogen and oxygen atoms in total. The molecule has 1 aromatic carbocycles. The maximum atomic E-state index is 11.7. The molecule has 0 saturated carbocycles. The average molecular weight is 235 g/mol. The molecule has 1 atom stereocenters. The summed E-state index contributed by atoms with van der Waals surface area (Å²) in [5.41, 5.74) is 5.68. The Morgan fingerprint density at radius 1 is 1.18 bits per heavy atom. The van der Waals surface area contributed by atoms with Crippen molar-refractivity contribution in [3.8, 4) is 0 Å². The number of hydrazine groups is 1. The van der Waals surface area contributed by atoms with Crippen LogP contribution in [-0.4, -0.2) is 24.9 Å². The third kappa shape index (κ3) is 4.65. The second-order valence-corrected chi connectivity index (χ2v) is 3.70. The van der Waals surface area contributed by atoms with E-state index in [-0.39, 0.29) is 17.9 Å². The van der Waals surface area contributed by atoms with Gasteiger partial charge in [0.1, 0.15) is 0 Å². The van der Waals surface area contributed by atoms with E-state index in [0.717, 1.165) is 5.56 Å². The fourth-order valence-corrected chi connectivity index (χ4v) is 1.41. The highest BCUT2D eigenvalue weighted by Crippen LogP contribution is 2.02. The number of carbonyl (C=O) groups excluding carboxylic acids is 2. The first-order valence-electron chi connectivity index (χ1n) is 5.41. The van der Waals surface area contributed by atoms with Gasteiger partial charge in [-0.1, -0.05) is 30.3 Å². The van der Waals surface area contributed by atoms with Crippen LogP contribution in [0.2, 0.25) is 0 Å². The SMILES string of the molecule is CN[C@H](Cc1ccccc1)C(=O)NNC(C)=O. The van der Waals surface area contributed by atoms with Gasteiger partial charge in [-0.05, 0) is 19.0 Å². The Hall–Kier alpha value is -1.88. The van der Waals surface area contributed by atoms with Gasteiger partial charge in [0, 0.05) is 6.92 Å². The van der Waals surface area contributed by atoms with E-state index in [1.54, 1.807) is 7.05 Å². The van der Waals surface area contributed by atoms with Gasteiger partial charge in [-0.2, -0.15) is 0 Å². The zero-order valence-electron chi connectivity index (χ0n) is 9.99. The fraction of sp³-hybridized carbons (Fsp3) is 0.333. The topological polar surface area (TPSA) is 70.2 Å². The van der Waals surface area contributed by atoms with E-state index in [0.29, 0.717) is 6.42 Å². The Bertz CT molecular complexity index is 379. The number of amides is 2. The normalized spacial score (nSPS) is 11.6. The van der Waals surface area contributed by atoms with Gasteiger partial charge in [0.2, 0.25) is 5.91 Å². The van der Waals surface area contributed by atoms with Crippen molar-refractivity contribution in [1.82, 2.24) is 16.2 Å². The van der Waals surface area contributed by atoms with Crippen molar-refractivity contribution < 1.29 is 9.59 Å². The van der Waals surface area contributed by atoms with Gasteiger partial charge in [-0.3, -0.25) is 20.4 Å². The van der Waals surface area contributed by atoms with Crippen molar-refractivity contribution in [1.29, 1.82) is 0 Å². The molecule has 0 bridgehead atoms. The van der Waals surface area contributed by atoms with E-state index in [1.165, 1.54) is 6.92 Å². The van der Waals surface area contributed by atoms with Gasteiger partial charge in [0.05, 0.1) is 6.04 Å². The molecule has 0 spiro atoms. The largest absolute Gasteiger partial charge is 0.309 e. The third-order valence-electron chi connectivity index (χ3n) is 2.31. The van der Waals surface area contributed by atoms with E-state index >= 15 is 0 Å². The summed E-state index contributed by atoms with van der Waals surface area (Å²) < 4.78 is 0. The molecular weight excluding hydrogens is 218 g/mol. The first-order valence-corrected chi connectivity index (χ1v) is 5.41. The summed E-state index contributed by atoms with van der Waals surface area (Å²) >= 11 is 0. The van der Waals surface area contributed by atoms with Crippen LogP contribution in [0, 0.1) is 0 Å². The number of rotatable bonds is 4. The Morgan fingerprint density at radius 3 is 2.35 bits per heavy atom. The molecule has 0 unspecified atom stereocenters. The zero-order valence-corrected chi connectivity index (χ0v) is 9.99. The summed E-state index contributed by atoms with van der Waals surface area (Å²) in [6.45, 7) is 1.34. The van der Waals surface area contributed by atoms with Crippen molar-refractivity contribution in [3.63, 3.8) is 0 Å². The molecule has 17 heavy (non-hydrogen) atoms. The second-order valence-electron chi connectivity index (χ2n) is 3.70. The van der Waals surface area contributed by atoms with Crippen LogP contribution in [0.1, 0.15) is 12.5 Å². The average Bonchev–Trinajstić information content (AvgIpc) is 2.34. The summed E-state index contributed by atoms with van der Waals surface area (Å²) in [5, 5.41) is 2.91. The van der Waals surface area contributed by atoms with Crippen molar-refractivity contribution in [3.05, 3.63) is 35.9 Å². The minimum atomic E-state index is -0.371. The summed E-state index contributed by atoms with van der Waals surface area (Å²) in [4.78, 5) is 22.4. The highest BCUT2D eigenvalue weighted by atomic mass is 16.2. The molecule has 92 valence electrons. The minimum absolute atomic E-state index is 0.258. The molecular formula is C12H17N3O2. The van der Waals surface area contributed by atoms with Gasteiger partial charge >= 0.3 is 0 Å². The predicted molar refractivity (Wildman–Crippen MR) is 65.0 cm³/mol. The lowest BCUT2D eigenvalue weighted by Crippen LogP contribution is -2.50. The number of nitrogens with one attached hydrogen (secondary N) is 3. The van der Waals surface area contributed by atoms with E-state index in [2.05, 4.69) is 16.2 Å². The van der Waals surface area contributed by atoms with Crippen LogP contribution in [0.5, 0.6) is 0 Å². The lowest BCUT2D eigenvalue weighted by Gasteiger charge is -2.16. The predicted octanol–water partition coefficient (Wildman–Crippen LogP) is -0.0156. The van der Waals surface area contributed by atoms with Gasteiger partial charge in [-0.25, -0.2) is 0 Å². The molecule has 0 aliphatic carbocycles. The van der Waals surface area contributed by atoms with Crippen LogP contribution >= 0.6 is 0 Å². The number of benzene rings is 1. The van der Waals surface area contributed by atoms with Crippen molar-refractivity contribution in [2.45, 2.75) is 19.4 Å². The molecule has 0 radical (unpaired) electrons. The zero-order chi connectivity index (χ0) is 12.7. The van der Waals surface area contributed by atoms with Gasteiger partial charge in [-0.15, -0.1) is 0 Å². The minimum Gasteiger partial charge on any atom is -0.309 e. The highest BCUT2D eigenvalue weighted by molar-refractivity contribution is 5.84. The summed E-state index contributed by atoms with van der Waals surface area (Å²) in [5.74, 6) is -0.556. The molecule has 3 N–H and O–H groups in total. The molecule has 2 amide bonds. The molecule has 0 aliphatic heterocycles. The number of hydrogen-bond donors (Lipinski definition) is 3. The highest BCUT2D eigenvalue weighted by Gasteiger charge is 2.16. The third-order valence-corrected chi connectivity index (χ3v) is 2.31. The summed E-state index contributed by atoms with van der Waals surface area (Å²) in [6.07, 6.45) is 0.572. The first-order chi connectivity index (χ1) is 8.13. The molecule has 1 aromatic rings. The summed E-state index contributed by atoms with van der Waals surface area (Å²) in [6, 6.07) is 9.31. The molecule has 0 fully saturated rings. The number of likely N-dealkylation sites (N-methyl/N-ethyl adjacent to an activating group) is 1. The Labute approximate surface area is 101 Å². The maximum Gasteiger partial charge on any atom is 0.255 e. The van der Waals surface area contributed by atoms with E-state index < -0.39 is 0 Å². The molecule has 5 heteroatoms. The van der Waals surface area contributed by atoms with E-state index in [1.807, 2.05) is 30.3 Å². The second kappa shape index (κ2) is 6.65. The van der Waals surface area contributed by atoms with Crippen LogP contribution in [0.4, 0.5) is 0 Å².